The first kappa shape index (κ1) is 11.7. The molecule has 0 aliphatic carbocycles. The lowest BCUT2D eigenvalue weighted by atomic mass is 9.99. The molecule has 0 fully saturated rings. The van der Waals surface area contributed by atoms with E-state index in [0.717, 1.165) is 24.2 Å². The summed E-state index contributed by atoms with van der Waals surface area (Å²) in [7, 11) is 1.97. The Morgan fingerprint density at radius 3 is 2.90 bits per heavy atom. The first-order valence-electron chi connectivity index (χ1n) is 6.97. The molecule has 0 saturated carbocycles. The van der Waals surface area contributed by atoms with Crippen LogP contribution in [0.25, 0.3) is 21.7 Å². The number of anilines is 1. The zero-order valence-electron chi connectivity index (χ0n) is 11.4. The zero-order valence-corrected chi connectivity index (χ0v) is 11.4. The third-order valence-corrected chi connectivity index (χ3v) is 4.05. The highest BCUT2D eigenvalue weighted by molar-refractivity contribution is 6.09. The molecule has 3 heteroatoms. The van der Waals surface area contributed by atoms with Crippen LogP contribution in [0, 0.1) is 0 Å². The van der Waals surface area contributed by atoms with Crippen LogP contribution in [0.1, 0.15) is 11.3 Å². The van der Waals surface area contributed by atoms with Crippen LogP contribution in [0.4, 0.5) is 5.69 Å². The quantitative estimate of drug-likeness (QED) is 0.683. The summed E-state index contributed by atoms with van der Waals surface area (Å²) in [4.78, 5) is 4.93. The van der Waals surface area contributed by atoms with Crippen molar-refractivity contribution in [1.82, 2.24) is 4.98 Å². The highest BCUT2D eigenvalue weighted by Crippen LogP contribution is 2.34. The fourth-order valence-electron chi connectivity index (χ4n) is 3.08. The number of pyridine rings is 1. The molecule has 1 N–H and O–H groups in total. The van der Waals surface area contributed by atoms with Crippen molar-refractivity contribution in [3.05, 3.63) is 47.7 Å². The summed E-state index contributed by atoms with van der Waals surface area (Å²) in [5.41, 5.74) is 4.63. The Balaban J connectivity index is 2.17. The Hall–Kier alpha value is -2.13. The summed E-state index contributed by atoms with van der Waals surface area (Å²) < 4.78 is 5.59. The Labute approximate surface area is 117 Å². The van der Waals surface area contributed by atoms with Crippen molar-refractivity contribution in [3.63, 3.8) is 0 Å². The number of nitrogens with one attached hydrogen (secondary N) is 1. The van der Waals surface area contributed by atoms with Crippen LogP contribution < -0.4 is 5.32 Å². The van der Waals surface area contributed by atoms with Gasteiger partial charge in [0.05, 0.1) is 30.1 Å². The summed E-state index contributed by atoms with van der Waals surface area (Å²) in [6.45, 7) is 1.42. The maximum atomic E-state index is 5.59. The number of ether oxygens (including phenoxy) is 1. The summed E-state index contributed by atoms with van der Waals surface area (Å²) in [5, 5.41) is 6.98. The lowest BCUT2D eigenvalue weighted by Gasteiger charge is -2.21. The monoisotopic (exact) mass is 264 g/mol. The van der Waals surface area contributed by atoms with Crippen molar-refractivity contribution in [3.8, 4) is 0 Å². The highest BCUT2D eigenvalue weighted by atomic mass is 16.5. The average molecular weight is 264 g/mol. The highest BCUT2D eigenvalue weighted by Gasteiger charge is 2.18. The molecule has 3 nitrogen and oxygen atoms in total. The lowest BCUT2D eigenvalue weighted by Crippen LogP contribution is -2.14. The first-order chi connectivity index (χ1) is 9.88. The maximum absolute atomic E-state index is 5.59. The van der Waals surface area contributed by atoms with E-state index in [4.69, 9.17) is 9.72 Å². The van der Waals surface area contributed by atoms with Crippen LogP contribution in [-0.2, 0) is 17.8 Å². The molecule has 1 aliphatic heterocycles. The van der Waals surface area contributed by atoms with Crippen molar-refractivity contribution in [2.75, 3.05) is 19.0 Å². The van der Waals surface area contributed by atoms with Crippen LogP contribution >= 0.6 is 0 Å². The first-order valence-corrected chi connectivity index (χ1v) is 6.97. The van der Waals surface area contributed by atoms with E-state index in [2.05, 4.69) is 41.7 Å². The smallest absolute Gasteiger partial charge is 0.0804 e. The summed E-state index contributed by atoms with van der Waals surface area (Å²) in [5.74, 6) is 0. The maximum Gasteiger partial charge on any atom is 0.0804 e. The zero-order chi connectivity index (χ0) is 13.5. The number of hydrogen-bond donors (Lipinski definition) is 1. The van der Waals surface area contributed by atoms with Gasteiger partial charge in [0.25, 0.3) is 0 Å². The van der Waals surface area contributed by atoms with Gasteiger partial charge in [-0.3, -0.25) is 4.98 Å². The van der Waals surface area contributed by atoms with Crippen molar-refractivity contribution in [2.24, 2.45) is 0 Å². The molecule has 100 valence electrons. The molecular weight excluding hydrogens is 248 g/mol. The molecule has 0 spiro atoms. The Morgan fingerprint density at radius 2 is 2.00 bits per heavy atom. The summed E-state index contributed by atoms with van der Waals surface area (Å²) in [6.07, 6.45) is 0.892. The van der Waals surface area contributed by atoms with Crippen molar-refractivity contribution in [2.45, 2.75) is 13.0 Å². The minimum atomic E-state index is 0.654. The van der Waals surface area contributed by atoms with Crippen LogP contribution in [0.15, 0.2) is 36.4 Å². The van der Waals surface area contributed by atoms with Gasteiger partial charge in [-0.1, -0.05) is 36.4 Å². The molecule has 1 aliphatic rings. The number of nitrogens with zero attached hydrogens (tertiary/aromatic N) is 1. The predicted molar refractivity (Wildman–Crippen MR) is 82.2 cm³/mol. The van der Waals surface area contributed by atoms with Crippen LogP contribution in [0.5, 0.6) is 0 Å². The van der Waals surface area contributed by atoms with Crippen LogP contribution in [-0.4, -0.2) is 18.6 Å². The van der Waals surface area contributed by atoms with Gasteiger partial charge >= 0.3 is 0 Å². The number of aromatic nitrogens is 1. The van der Waals surface area contributed by atoms with Crippen molar-refractivity contribution in [1.29, 1.82) is 0 Å². The van der Waals surface area contributed by atoms with Gasteiger partial charge < -0.3 is 10.1 Å². The van der Waals surface area contributed by atoms with Gasteiger partial charge in [0.15, 0.2) is 0 Å². The Bertz CT molecular complexity index is 811. The SMILES string of the molecule is CNc1c2c(nc3c1ccc1ccccc13)CCOC2. The second-order valence-corrected chi connectivity index (χ2v) is 5.15. The second kappa shape index (κ2) is 4.46. The molecule has 3 aromatic rings. The van der Waals surface area contributed by atoms with Gasteiger partial charge in [-0.2, -0.15) is 0 Å². The Morgan fingerprint density at radius 1 is 1.10 bits per heavy atom. The number of benzene rings is 2. The van der Waals surface area contributed by atoms with Gasteiger partial charge in [-0.05, 0) is 5.39 Å². The largest absolute Gasteiger partial charge is 0.387 e. The molecule has 0 amide bonds. The average Bonchev–Trinajstić information content (AvgIpc) is 2.52. The summed E-state index contributed by atoms with van der Waals surface area (Å²) in [6, 6.07) is 12.7. The fraction of sp³-hybridized carbons (Fsp3) is 0.235. The minimum Gasteiger partial charge on any atom is -0.387 e. The molecular formula is C17H16N2O. The molecule has 0 bridgehead atoms. The predicted octanol–water partition coefficient (Wildman–Crippen LogP) is 3.50. The molecule has 0 saturated heterocycles. The minimum absolute atomic E-state index is 0.654. The second-order valence-electron chi connectivity index (χ2n) is 5.15. The van der Waals surface area contributed by atoms with E-state index in [-0.39, 0.29) is 0 Å². The lowest BCUT2D eigenvalue weighted by molar-refractivity contribution is 0.110. The number of hydrogen-bond acceptors (Lipinski definition) is 3. The van der Waals surface area contributed by atoms with E-state index in [1.165, 1.54) is 27.4 Å². The fourth-order valence-corrected chi connectivity index (χ4v) is 3.08. The van der Waals surface area contributed by atoms with Gasteiger partial charge in [0.1, 0.15) is 0 Å². The number of rotatable bonds is 1. The molecule has 4 rings (SSSR count). The standard InChI is InChI=1S/C17H16N2O/c1-18-16-13-7-6-11-4-2-3-5-12(11)17(13)19-15-8-9-20-10-14(15)16/h2-7H,8-10H2,1H3,(H,18,19). The molecule has 2 aromatic carbocycles. The normalized spacial score (nSPS) is 14.4. The van der Waals surface area contributed by atoms with E-state index in [1.54, 1.807) is 0 Å². The molecule has 1 aromatic heterocycles. The van der Waals surface area contributed by atoms with E-state index in [9.17, 15) is 0 Å². The van der Waals surface area contributed by atoms with E-state index in [0.29, 0.717) is 6.61 Å². The molecule has 2 heterocycles. The molecule has 20 heavy (non-hydrogen) atoms. The van der Waals surface area contributed by atoms with Gasteiger partial charge in [0.2, 0.25) is 0 Å². The summed E-state index contributed by atoms with van der Waals surface area (Å²) >= 11 is 0. The molecule has 0 radical (unpaired) electrons. The van der Waals surface area contributed by atoms with Gasteiger partial charge in [-0.15, -0.1) is 0 Å². The Kier molecular flexibility index (Phi) is 2.60. The van der Waals surface area contributed by atoms with Crippen LogP contribution in [0.3, 0.4) is 0 Å². The third kappa shape index (κ3) is 1.60. The van der Waals surface area contributed by atoms with E-state index < -0.39 is 0 Å². The van der Waals surface area contributed by atoms with Crippen LogP contribution in [0.2, 0.25) is 0 Å². The third-order valence-electron chi connectivity index (χ3n) is 4.05. The van der Waals surface area contributed by atoms with Gasteiger partial charge in [-0.25, -0.2) is 0 Å². The topological polar surface area (TPSA) is 34.2 Å². The van der Waals surface area contributed by atoms with Gasteiger partial charge in [0, 0.05) is 29.8 Å². The van der Waals surface area contributed by atoms with Crippen molar-refractivity contribution >= 4 is 27.4 Å². The van der Waals surface area contributed by atoms with E-state index in [1.807, 2.05) is 7.05 Å². The molecule has 0 unspecified atom stereocenters. The molecule has 0 atom stereocenters. The number of fused-ring (bicyclic) bond motifs is 4. The van der Waals surface area contributed by atoms with E-state index >= 15 is 0 Å². The van der Waals surface area contributed by atoms with Crippen molar-refractivity contribution < 1.29 is 4.74 Å².